The molecule has 0 aromatic heterocycles. The van der Waals surface area contributed by atoms with E-state index in [4.69, 9.17) is 16.3 Å². The van der Waals surface area contributed by atoms with E-state index < -0.39 is 0 Å². The van der Waals surface area contributed by atoms with Crippen LogP contribution < -0.4 is 10.1 Å². The van der Waals surface area contributed by atoms with Crippen molar-refractivity contribution in [2.24, 2.45) is 0 Å². The minimum absolute atomic E-state index is 0.360. The maximum atomic E-state index is 5.88. The van der Waals surface area contributed by atoms with Crippen LogP contribution in [0.5, 0.6) is 5.75 Å². The van der Waals surface area contributed by atoms with E-state index in [9.17, 15) is 0 Å². The van der Waals surface area contributed by atoms with E-state index in [0.717, 1.165) is 17.2 Å². The molecule has 2 nitrogen and oxygen atoms in total. The molecule has 2 aromatic carbocycles. The normalized spacial score (nSPS) is 17.7. The number of hydrogen-bond donors (Lipinski definition) is 1. The van der Waals surface area contributed by atoms with Crippen LogP contribution in [0.15, 0.2) is 48.5 Å². The fourth-order valence-corrected chi connectivity index (χ4v) is 3.04. The Bertz CT molecular complexity index is 596. The van der Waals surface area contributed by atoms with Gasteiger partial charge in [0.2, 0.25) is 0 Å². The topological polar surface area (TPSA) is 21.3 Å². The van der Waals surface area contributed by atoms with Crippen molar-refractivity contribution in [1.82, 2.24) is 5.32 Å². The van der Waals surface area contributed by atoms with Crippen molar-refractivity contribution in [1.29, 1.82) is 0 Å². The zero-order valence-corrected chi connectivity index (χ0v) is 12.9. The van der Waals surface area contributed by atoms with Crippen molar-refractivity contribution in [3.8, 4) is 5.75 Å². The first kappa shape index (κ1) is 14.4. The molecule has 0 heterocycles. The molecule has 0 bridgehead atoms. The van der Waals surface area contributed by atoms with Crippen LogP contribution in [0.4, 0.5) is 0 Å². The van der Waals surface area contributed by atoms with Crippen molar-refractivity contribution >= 4 is 11.6 Å². The molecule has 1 aliphatic rings. The lowest BCUT2D eigenvalue weighted by Crippen LogP contribution is -2.35. The van der Waals surface area contributed by atoms with Crippen LogP contribution in [0.2, 0.25) is 5.02 Å². The quantitative estimate of drug-likeness (QED) is 0.869. The molecule has 2 unspecified atom stereocenters. The Morgan fingerprint density at radius 3 is 2.67 bits per heavy atom. The van der Waals surface area contributed by atoms with Crippen molar-refractivity contribution in [3.05, 3.63) is 64.7 Å². The molecule has 0 spiro atoms. The van der Waals surface area contributed by atoms with E-state index in [1.807, 2.05) is 31.3 Å². The maximum Gasteiger partial charge on any atom is 0.119 e. The highest BCUT2D eigenvalue weighted by atomic mass is 35.5. The molecule has 0 fully saturated rings. The molecule has 0 saturated heterocycles. The third kappa shape index (κ3) is 3.39. The summed E-state index contributed by atoms with van der Waals surface area (Å²) < 4.78 is 5.85. The summed E-state index contributed by atoms with van der Waals surface area (Å²) in [7, 11) is 2.00. The van der Waals surface area contributed by atoms with E-state index in [2.05, 4.69) is 29.6 Å². The summed E-state index contributed by atoms with van der Waals surface area (Å²) in [4.78, 5) is 0. The molecular weight excluding hydrogens is 282 g/mol. The predicted octanol–water partition coefficient (Wildman–Crippen LogP) is 4.04. The maximum absolute atomic E-state index is 5.88. The summed E-state index contributed by atoms with van der Waals surface area (Å²) in [6, 6.07) is 16.6. The molecule has 1 N–H and O–H groups in total. The van der Waals surface area contributed by atoms with Crippen molar-refractivity contribution in [2.45, 2.75) is 24.8 Å². The van der Waals surface area contributed by atoms with Crippen LogP contribution in [0.3, 0.4) is 0 Å². The number of hydrogen-bond acceptors (Lipinski definition) is 2. The third-order valence-electron chi connectivity index (χ3n) is 4.20. The van der Waals surface area contributed by atoms with E-state index in [0.29, 0.717) is 18.6 Å². The summed E-state index contributed by atoms with van der Waals surface area (Å²) in [5.41, 5.74) is 3.00. The summed E-state index contributed by atoms with van der Waals surface area (Å²) in [6.45, 7) is 0.677. The van der Waals surface area contributed by atoms with Crippen molar-refractivity contribution in [2.75, 3.05) is 13.7 Å². The molecule has 0 radical (unpaired) electrons. The minimum atomic E-state index is 0.360. The van der Waals surface area contributed by atoms with Crippen LogP contribution >= 0.6 is 11.6 Å². The lowest BCUT2D eigenvalue weighted by atomic mass is 9.74. The lowest BCUT2D eigenvalue weighted by Gasteiger charge is -2.33. The summed E-state index contributed by atoms with van der Waals surface area (Å²) in [5.74, 6) is 1.53. The second-order valence-electron chi connectivity index (χ2n) is 5.59. The minimum Gasteiger partial charge on any atom is -0.492 e. The van der Waals surface area contributed by atoms with E-state index >= 15 is 0 Å². The Hall–Kier alpha value is -1.51. The first-order chi connectivity index (χ1) is 10.3. The number of likely N-dealkylation sites (N-methyl/N-ethyl adjacent to an activating group) is 1. The van der Waals surface area contributed by atoms with E-state index in [1.165, 1.54) is 17.5 Å². The molecule has 0 aliphatic heterocycles. The Balaban J connectivity index is 1.53. The zero-order chi connectivity index (χ0) is 14.7. The van der Waals surface area contributed by atoms with Gasteiger partial charge in [-0.2, -0.15) is 0 Å². The van der Waals surface area contributed by atoms with Gasteiger partial charge in [-0.25, -0.2) is 0 Å². The Kier molecular flexibility index (Phi) is 4.47. The van der Waals surface area contributed by atoms with Gasteiger partial charge in [0.15, 0.2) is 0 Å². The highest BCUT2D eigenvalue weighted by molar-refractivity contribution is 6.30. The monoisotopic (exact) mass is 301 g/mol. The highest BCUT2D eigenvalue weighted by Gasteiger charge is 2.27. The van der Waals surface area contributed by atoms with Crippen molar-refractivity contribution < 1.29 is 4.74 Å². The second-order valence-corrected chi connectivity index (χ2v) is 6.02. The average Bonchev–Trinajstić information content (AvgIpc) is 2.49. The molecule has 1 aliphatic carbocycles. The van der Waals surface area contributed by atoms with Gasteiger partial charge in [0, 0.05) is 11.1 Å². The van der Waals surface area contributed by atoms with Gasteiger partial charge in [-0.1, -0.05) is 35.9 Å². The average molecular weight is 302 g/mol. The molecule has 2 aromatic rings. The second kappa shape index (κ2) is 6.50. The van der Waals surface area contributed by atoms with Crippen molar-refractivity contribution in [3.63, 3.8) is 0 Å². The number of halogens is 1. The smallest absolute Gasteiger partial charge is 0.119 e. The Morgan fingerprint density at radius 1 is 1.19 bits per heavy atom. The molecule has 3 heteroatoms. The van der Waals surface area contributed by atoms with Gasteiger partial charge < -0.3 is 10.1 Å². The molecule has 110 valence electrons. The highest BCUT2D eigenvalue weighted by Crippen LogP contribution is 2.37. The lowest BCUT2D eigenvalue weighted by molar-refractivity contribution is 0.253. The number of nitrogens with one attached hydrogen (secondary N) is 1. The standard InChI is InChI=1S/C18H20ClNO/c1-20-16(12-21-17-8-6-15(19)7-9-17)11-14-10-13-4-2-3-5-18(13)14/h2-9,14,16,20H,10-12H2,1H3. The Morgan fingerprint density at radius 2 is 1.95 bits per heavy atom. The number of fused-ring (bicyclic) bond motifs is 1. The number of benzene rings is 2. The molecule has 3 rings (SSSR count). The predicted molar refractivity (Wildman–Crippen MR) is 87.3 cm³/mol. The first-order valence-electron chi connectivity index (χ1n) is 7.39. The van der Waals surface area contributed by atoms with Gasteiger partial charge in [0.05, 0.1) is 0 Å². The zero-order valence-electron chi connectivity index (χ0n) is 12.2. The SMILES string of the molecule is CNC(COc1ccc(Cl)cc1)CC1Cc2ccccc21. The van der Waals surface area contributed by atoms with Crippen LogP contribution in [0, 0.1) is 0 Å². The molecular formula is C18H20ClNO. The van der Waals surface area contributed by atoms with Crippen LogP contribution in [0.1, 0.15) is 23.5 Å². The molecule has 2 atom stereocenters. The van der Waals surface area contributed by atoms with Gasteiger partial charge in [0.1, 0.15) is 12.4 Å². The third-order valence-corrected chi connectivity index (χ3v) is 4.46. The summed E-state index contributed by atoms with van der Waals surface area (Å²) >= 11 is 5.88. The number of rotatable bonds is 6. The first-order valence-corrected chi connectivity index (χ1v) is 7.77. The van der Waals surface area contributed by atoms with Crippen LogP contribution in [0.25, 0.3) is 0 Å². The van der Waals surface area contributed by atoms with Gasteiger partial charge in [-0.05, 0) is 61.2 Å². The van der Waals surface area contributed by atoms with Crippen LogP contribution in [-0.2, 0) is 6.42 Å². The largest absolute Gasteiger partial charge is 0.492 e. The van der Waals surface area contributed by atoms with Gasteiger partial charge in [-0.15, -0.1) is 0 Å². The fourth-order valence-electron chi connectivity index (χ4n) is 2.91. The molecule has 0 saturated carbocycles. The van der Waals surface area contributed by atoms with E-state index in [-0.39, 0.29) is 0 Å². The van der Waals surface area contributed by atoms with E-state index in [1.54, 1.807) is 0 Å². The summed E-state index contributed by atoms with van der Waals surface area (Å²) in [6.07, 6.45) is 2.30. The molecule has 0 amide bonds. The molecule has 21 heavy (non-hydrogen) atoms. The Labute approximate surface area is 131 Å². The van der Waals surface area contributed by atoms with Gasteiger partial charge >= 0.3 is 0 Å². The summed E-state index contributed by atoms with van der Waals surface area (Å²) in [5, 5.41) is 4.10. The van der Waals surface area contributed by atoms with Gasteiger partial charge in [0.25, 0.3) is 0 Å². The number of ether oxygens (including phenoxy) is 1. The van der Waals surface area contributed by atoms with Crippen LogP contribution in [-0.4, -0.2) is 19.7 Å². The van der Waals surface area contributed by atoms with Gasteiger partial charge in [-0.3, -0.25) is 0 Å². The fraction of sp³-hybridized carbons (Fsp3) is 0.333.